The van der Waals surface area contributed by atoms with E-state index >= 15 is 0 Å². The lowest BCUT2D eigenvalue weighted by Gasteiger charge is -2.25. The van der Waals surface area contributed by atoms with Crippen molar-refractivity contribution in [3.05, 3.63) is 22.3 Å². The van der Waals surface area contributed by atoms with Crippen LogP contribution in [0.15, 0.2) is 12.2 Å². The van der Waals surface area contributed by atoms with E-state index in [9.17, 15) is 14.9 Å². The summed E-state index contributed by atoms with van der Waals surface area (Å²) in [4.78, 5) is 21.7. The fraction of sp³-hybridized carbons (Fsp3) is 0.667. The highest BCUT2D eigenvalue weighted by Crippen LogP contribution is 2.28. The van der Waals surface area contributed by atoms with E-state index < -0.39 is 11.5 Å². The van der Waals surface area contributed by atoms with Crippen molar-refractivity contribution in [3.8, 4) is 0 Å². The van der Waals surface area contributed by atoms with Crippen LogP contribution in [0.5, 0.6) is 0 Å². The average molecular weight is 183 g/mol. The molecule has 1 unspecified atom stereocenters. The van der Waals surface area contributed by atoms with E-state index in [1.807, 2.05) is 0 Å². The van der Waals surface area contributed by atoms with E-state index in [0.717, 1.165) is 6.42 Å². The van der Waals surface area contributed by atoms with E-state index in [2.05, 4.69) is 0 Å². The summed E-state index contributed by atoms with van der Waals surface area (Å²) in [6.07, 6.45) is 4.57. The van der Waals surface area contributed by atoms with Gasteiger partial charge in [0, 0.05) is 18.8 Å². The van der Waals surface area contributed by atoms with Crippen LogP contribution in [-0.4, -0.2) is 16.2 Å². The van der Waals surface area contributed by atoms with Gasteiger partial charge in [-0.15, -0.1) is 0 Å². The standard InChI is InChI=1S/C9H13NO3/c1-9(2,10(12)13)7-5-3-4-6-8(7)11/h4,6-7H,3,5H2,1-2H3. The number of nitrogens with zero attached hydrogens (tertiary/aromatic N) is 1. The third-order valence-corrected chi connectivity index (χ3v) is 2.57. The summed E-state index contributed by atoms with van der Waals surface area (Å²) in [6.45, 7) is 3.02. The molecule has 0 spiro atoms. The quantitative estimate of drug-likeness (QED) is 0.482. The molecule has 0 radical (unpaired) electrons. The molecule has 0 heterocycles. The van der Waals surface area contributed by atoms with Crippen LogP contribution in [0.1, 0.15) is 26.7 Å². The molecule has 0 aromatic heterocycles. The van der Waals surface area contributed by atoms with E-state index in [1.54, 1.807) is 6.08 Å². The Bertz CT molecular complexity index is 268. The van der Waals surface area contributed by atoms with Gasteiger partial charge in [-0.25, -0.2) is 0 Å². The predicted molar refractivity (Wildman–Crippen MR) is 47.9 cm³/mol. The molecule has 0 saturated heterocycles. The van der Waals surface area contributed by atoms with E-state index in [-0.39, 0.29) is 10.7 Å². The molecule has 0 saturated carbocycles. The Kier molecular flexibility index (Phi) is 2.50. The van der Waals surface area contributed by atoms with Crippen LogP contribution in [0, 0.1) is 16.0 Å². The maximum atomic E-state index is 11.4. The number of hydrogen-bond donors (Lipinski definition) is 0. The van der Waals surface area contributed by atoms with Gasteiger partial charge in [0.25, 0.3) is 0 Å². The van der Waals surface area contributed by atoms with Crippen molar-refractivity contribution in [1.29, 1.82) is 0 Å². The smallest absolute Gasteiger partial charge is 0.226 e. The zero-order valence-corrected chi connectivity index (χ0v) is 7.82. The minimum atomic E-state index is -1.14. The van der Waals surface area contributed by atoms with Crippen molar-refractivity contribution < 1.29 is 9.72 Å². The molecule has 0 N–H and O–H groups in total. The molecule has 0 amide bonds. The average Bonchev–Trinajstić information content (AvgIpc) is 2.04. The molecule has 4 nitrogen and oxygen atoms in total. The third kappa shape index (κ3) is 1.76. The highest BCUT2D eigenvalue weighted by molar-refractivity contribution is 5.93. The Hall–Kier alpha value is -1.19. The van der Waals surface area contributed by atoms with E-state index in [1.165, 1.54) is 19.9 Å². The van der Waals surface area contributed by atoms with Crippen LogP contribution in [0.25, 0.3) is 0 Å². The van der Waals surface area contributed by atoms with Crippen molar-refractivity contribution >= 4 is 5.78 Å². The Morgan fingerprint density at radius 1 is 1.62 bits per heavy atom. The number of hydrogen-bond acceptors (Lipinski definition) is 3. The van der Waals surface area contributed by atoms with Crippen LogP contribution in [-0.2, 0) is 4.79 Å². The van der Waals surface area contributed by atoms with Gasteiger partial charge in [-0.3, -0.25) is 14.9 Å². The molecule has 4 heteroatoms. The first-order valence-electron chi connectivity index (χ1n) is 4.31. The number of carbonyl (C=O) groups is 1. The van der Waals surface area contributed by atoms with Crippen molar-refractivity contribution in [2.24, 2.45) is 5.92 Å². The molecule has 13 heavy (non-hydrogen) atoms. The molecule has 1 rings (SSSR count). The fourth-order valence-electron chi connectivity index (χ4n) is 1.55. The first kappa shape index (κ1) is 9.89. The minimum absolute atomic E-state index is 0.118. The summed E-state index contributed by atoms with van der Waals surface area (Å²) < 4.78 is 0. The molecular formula is C9H13NO3. The second kappa shape index (κ2) is 3.28. The van der Waals surface area contributed by atoms with Crippen molar-refractivity contribution in [2.75, 3.05) is 0 Å². The van der Waals surface area contributed by atoms with Crippen LogP contribution in [0.3, 0.4) is 0 Å². The maximum absolute atomic E-state index is 11.4. The molecule has 72 valence electrons. The molecule has 1 atom stereocenters. The number of nitro groups is 1. The van der Waals surface area contributed by atoms with Crippen LogP contribution in [0.4, 0.5) is 0 Å². The van der Waals surface area contributed by atoms with E-state index in [0.29, 0.717) is 6.42 Å². The normalized spacial score (nSPS) is 23.2. The van der Waals surface area contributed by atoms with E-state index in [4.69, 9.17) is 0 Å². The second-order valence-electron chi connectivity index (χ2n) is 3.85. The summed E-state index contributed by atoms with van der Waals surface area (Å²) in [6, 6.07) is 0. The number of allylic oxidation sites excluding steroid dienone is 2. The lowest BCUT2D eigenvalue weighted by atomic mass is 9.79. The Morgan fingerprint density at radius 2 is 2.23 bits per heavy atom. The number of ketones is 1. The maximum Gasteiger partial charge on any atom is 0.226 e. The lowest BCUT2D eigenvalue weighted by Crippen LogP contribution is -2.44. The van der Waals surface area contributed by atoms with Gasteiger partial charge in [-0.1, -0.05) is 6.08 Å². The minimum Gasteiger partial charge on any atom is -0.294 e. The highest BCUT2D eigenvalue weighted by Gasteiger charge is 2.44. The van der Waals surface area contributed by atoms with Crippen molar-refractivity contribution in [3.63, 3.8) is 0 Å². The number of carbonyl (C=O) groups excluding carboxylic acids is 1. The molecule has 0 bridgehead atoms. The lowest BCUT2D eigenvalue weighted by molar-refractivity contribution is -0.568. The molecule has 0 aromatic rings. The van der Waals surface area contributed by atoms with Gasteiger partial charge in [0.05, 0.1) is 5.92 Å². The zero-order chi connectivity index (χ0) is 10.1. The zero-order valence-electron chi connectivity index (χ0n) is 7.82. The van der Waals surface area contributed by atoms with Crippen molar-refractivity contribution in [2.45, 2.75) is 32.2 Å². The van der Waals surface area contributed by atoms with Gasteiger partial charge in [-0.2, -0.15) is 0 Å². The molecule has 0 aromatic carbocycles. The summed E-state index contributed by atoms with van der Waals surface area (Å²) in [5.74, 6) is -0.583. The largest absolute Gasteiger partial charge is 0.294 e. The molecule has 0 aliphatic heterocycles. The van der Waals surface area contributed by atoms with Crippen molar-refractivity contribution in [1.82, 2.24) is 0 Å². The van der Waals surface area contributed by atoms with Gasteiger partial charge < -0.3 is 0 Å². The third-order valence-electron chi connectivity index (χ3n) is 2.57. The monoisotopic (exact) mass is 183 g/mol. The SMILES string of the molecule is CC(C)(C1CCC=CC1=O)[N+](=O)[O-]. The van der Waals surface area contributed by atoms with Gasteiger partial charge in [0.2, 0.25) is 5.54 Å². The Labute approximate surface area is 76.8 Å². The van der Waals surface area contributed by atoms with Gasteiger partial charge in [0.15, 0.2) is 5.78 Å². The topological polar surface area (TPSA) is 60.2 Å². The fourth-order valence-corrected chi connectivity index (χ4v) is 1.55. The predicted octanol–water partition coefficient (Wildman–Crippen LogP) is 1.58. The van der Waals surface area contributed by atoms with Gasteiger partial charge in [-0.05, 0) is 18.9 Å². The molecular weight excluding hydrogens is 170 g/mol. The summed E-state index contributed by atoms with van der Waals surface area (Å²) >= 11 is 0. The Balaban J connectivity index is 2.88. The van der Waals surface area contributed by atoms with Gasteiger partial charge >= 0.3 is 0 Å². The summed E-state index contributed by atoms with van der Waals surface area (Å²) in [5.41, 5.74) is -1.14. The first-order valence-corrected chi connectivity index (χ1v) is 4.31. The molecule has 1 aliphatic carbocycles. The van der Waals surface area contributed by atoms with Crippen LogP contribution < -0.4 is 0 Å². The second-order valence-corrected chi connectivity index (χ2v) is 3.85. The number of rotatable bonds is 2. The Morgan fingerprint density at radius 3 is 2.69 bits per heavy atom. The molecule has 0 fully saturated rings. The summed E-state index contributed by atoms with van der Waals surface area (Å²) in [5, 5.41) is 10.7. The first-order chi connectivity index (χ1) is 5.96. The summed E-state index contributed by atoms with van der Waals surface area (Å²) in [7, 11) is 0. The highest BCUT2D eigenvalue weighted by atomic mass is 16.6. The molecule has 1 aliphatic rings. The van der Waals surface area contributed by atoms with Gasteiger partial charge in [0.1, 0.15) is 0 Å². The van der Waals surface area contributed by atoms with Crippen LogP contribution >= 0.6 is 0 Å². The van der Waals surface area contributed by atoms with Crippen LogP contribution in [0.2, 0.25) is 0 Å².